The number of aryl methyl sites for hydroxylation is 10. The minimum Gasteiger partial charge on any atom is -0.457 e. The summed E-state index contributed by atoms with van der Waals surface area (Å²) in [5.74, 6) is 5.56. The second-order valence-corrected chi connectivity index (χ2v) is 24.6. The van der Waals surface area contributed by atoms with Crippen LogP contribution < -0.4 is 51.0 Å². The Morgan fingerprint density at radius 3 is 1.27 bits per heavy atom. The van der Waals surface area contributed by atoms with E-state index in [1.165, 1.54) is 18.6 Å². The highest BCUT2D eigenvalue weighted by Crippen LogP contribution is 2.33. The fourth-order valence-corrected chi connectivity index (χ4v) is 12.3. The molecule has 5 aliphatic heterocycles. The molecular formula is C76H69B5N10O10. The summed E-state index contributed by atoms with van der Waals surface area (Å²) in [6.45, 7) is 35.4. The molecule has 0 unspecified atom stereocenters. The van der Waals surface area contributed by atoms with Crippen LogP contribution in [0.1, 0.15) is 68.9 Å². The monoisotopic (exact) mass is 1340 g/mol. The molecule has 0 spiro atoms. The van der Waals surface area contributed by atoms with Gasteiger partial charge in [-0.2, -0.15) is 5.26 Å². The van der Waals surface area contributed by atoms with Gasteiger partial charge in [-0.05, 0) is 262 Å². The van der Waals surface area contributed by atoms with Gasteiger partial charge in [0.1, 0.15) is 46.1 Å². The predicted octanol–water partition coefficient (Wildman–Crippen LogP) is 12.4. The number of rotatable bonds is 10. The Morgan fingerprint density at radius 1 is 0.406 bits per heavy atom. The van der Waals surface area contributed by atoms with E-state index in [1.807, 2.05) is 119 Å². The summed E-state index contributed by atoms with van der Waals surface area (Å²) in [6.07, 6.45) is 12.7. The third kappa shape index (κ3) is 17.7. The molecule has 0 saturated heterocycles. The van der Waals surface area contributed by atoms with Crippen molar-refractivity contribution in [1.82, 2.24) is 24.9 Å². The average Bonchev–Trinajstić information content (AvgIpc) is 1.69. The number of pyridine rings is 3. The SMILES string of the molecule is C.Cc1ccc(C#N)c(Oc2ccc3c(c2)CCB3O)n1.[C-]#[N+]c1ccc(Oc2ccc3c(c2)CCB3O)c(C)c1.[C-]#[N+]c1cnc(Oc2ccc3c(c2)CCB3O)c(C)c1.[C-]#[N+]c1cnc(Oc2ccc3c(c2)CCB3O)cc1C.[C-]#[N+]c1cnc(Oc2ccc3c(c2)CCB3O)nc1C. The molecule has 25 heteroatoms. The van der Waals surface area contributed by atoms with Gasteiger partial charge in [0.15, 0.2) is 5.69 Å². The van der Waals surface area contributed by atoms with Gasteiger partial charge in [0, 0.05) is 29.8 Å². The Morgan fingerprint density at radius 2 is 0.842 bits per heavy atom. The standard InChI is InChI=1S/C16H14BNO2.3C15H13BN2O2.C14H12BN3O2.CH4/c1-11-9-13(18-2)3-6-16(11)20-14-4-5-15-12(10-14)7-8-17(15)19;1-10-7-12(17-2)9-18-15(10)20-13-3-4-14-11(8-13)5-6-16(14)19;1-10-7-15(18-9-14(10)17-2)20-12-3-4-13-11(8-12)5-6-16(13)19;1-10-2-3-12(9-17)15(18-10)20-13-4-5-14-11(8-13)6-7-16(14)19;1-9-13(16-2)8-17-14(18-9)20-11-3-4-12-10(7-11)5-6-15(12)19;/h3-6,9-10,19H,7-8H2,1H3;2*3-4,7-9,19H,5-6H2,1H3;2-5,8,19H,6-7H2,1H3;3-4,7-8,19H,5-6H2,1H3;1H4. The molecule has 5 N–H and O–H groups in total. The number of nitrogens with zero attached hydrogens (tertiary/aromatic N) is 10. The molecule has 6 aromatic carbocycles. The van der Waals surface area contributed by atoms with Crippen LogP contribution in [0, 0.1) is 72.2 Å². The van der Waals surface area contributed by atoms with Crippen LogP contribution in [-0.4, -0.2) is 84.6 Å². The molecule has 15 rings (SSSR count). The van der Waals surface area contributed by atoms with Crippen LogP contribution in [0.2, 0.25) is 31.6 Å². The molecule has 0 aliphatic carbocycles. The van der Waals surface area contributed by atoms with Crippen molar-refractivity contribution in [2.75, 3.05) is 0 Å². The van der Waals surface area contributed by atoms with Crippen molar-refractivity contribution < 1.29 is 48.8 Å². The Bertz CT molecular complexity index is 4730. The Kier molecular flexibility index (Phi) is 23.5. The Hall–Kier alpha value is -11.6. The van der Waals surface area contributed by atoms with Crippen LogP contribution in [0.25, 0.3) is 19.4 Å². The van der Waals surface area contributed by atoms with E-state index >= 15 is 0 Å². The first-order valence-electron chi connectivity index (χ1n) is 32.5. The van der Waals surface area contributed by atoms with E-state index in [4.69, 9.17) is 55.2 Å². The summed E-state index contributed by atoms with van der Waals surface area (Å²) in [4.78, 5) is 34.2. The molecule has 498 valence electrons. The summed E-state index contributed by atoms with van der Waals surface area (Å²) < 4.78 is 28.7. The molecule has 20 nitrogen and oxygen atoms in total. The minimum atomic E-state index is -0.370. The second kappa shape index (κ2) is 32.9. The Balaban J connectivity index is 0.000000136. The number of hydrogen-bond acceptors (Lipinski definition) is 16. The van der Waals surface area contributed by atoms with Crippen molar-refractivity contribution in [1.29, 1.82) is 5.26 Å². The normalized spacial score (nSPS) is 12.8. The van der Waals surface area contributed by atoms with Gasteiger partial charge in [0.2, 0.25) is 34.7 Å². The van der Waals surface area contributed by atoms with Crippen molar-refractivity contribution >= 4 is 84.6 Å². The zero-order valence-electron chi connectivity index (χ0n) is 55.6. The molecule has 101 heavy (non-hydrogen) atoms. The molecule has 0 saturated carbocycles. The van der Waals surface area contributed by atoms with Crippen molar-refractivity contribution in [3.05, 3.63) is 259 Å². The van der Waals surface area contributed by atoms with Crippen molar-refractivity contribution in [3.8, 4) is 64.2 Å². The summed E-state index contributed by atoms with van der Waals surface area (Å²) in [7, 11) is 0. The van der Waals surface area contributed by atoms with Gasteiger partial charge < -0.3 is 48.8 Å². The first-order chi connectivity index (χ1) is 48.3. The van der Waals surface area contributed by atoms with Crippen molar-refractivity contribution in [3.63, 3.8) is 0 Å². The van der Waals surface area contributed by atoms with Gasteiger partial charge in [0.25, 0.3) is 0 Å². The molecule has 0 fully saturated rings. The van der Waals surface area contributed by atoms with Crippen LogP contribution in [0.4, 0.5) is 22.7 Å². The maximum atomic E-state index is 9.79. The molecule has 0 radical (unpaired) electrons. The van der Waals surface area contributed by atoms with Gasteiger partial charge in [-0.3, -0.25) is 0 Å². The lowest BCUT2D eigenvalue weighted by Crippen LogP contribution is -2.25. The molecule has 10 aromatic rings. The van der Waals surface area contributed by atoms with Gasteiger partial charge in [0.05, 0.1) is 32.0 Å². The van der Waals surface area contributed by atoms with Crippen LogP contribution in [0.3, 0.4) is 0 Å². The number of benzene rings is 6. The van der Waals surface area contributed by atoms with E-state index in [-0.39, 0.29) is 48.0 Å². The molecule has 0 atom stereocenters. The largest absolute Gasteiger partial charge is 0.457 e. The van der Waals surface area contributed by atoms with E-state index in [1.54, 1.807) is 49.4 Å². The molecule has 4 aromatic heterocycles. The van der Waals surface area contributed by atoms with Crippen molar-refractivity contribution in [2.45, 2.75) is 106 Å². The molecule has 9 heterocycles. The van der Waals surface area contributed by atoms with E-state index < -0.39 is 0 Å². The van der Waals surface area contributed by atoms with Crippen LogP contribution in [0.5, 0.6) is 58.1 Å². The fraction of sp³-hybridized carbons (Fsp3) is 0.211. The maximum Gasteiger partial charge on any atom is 0.324 e. The predicted molar refractivity (Wildman–Crippen MR) is 395 cm³/mol. The van der Waals surface area contributed by atoms with Crippen LogP contribution in [-0.2, 0) is 32.1 Å². The van der Waals surface area contributed by atoms with Gasteiger partial charge >= 0.3 is 40.6 Å². The summed E-state index contributed by atoms with van der Waals surface area (Å²) in [5, 5.41) is 58.0. The van der Waals surface area contributed by atoms with E-state index in [2.05, 4.69) is 50.4 Å². The quantitative estimate of drug-likeness (QED) is 0.0630. The molecule has 5 aliphatic rings. The number of nitriles is 1. The van der Waals surface area contributed by atoms with Gasteiger partial charge in [-0.25, -0.2) is 44.3 Å². The maximum absolute atomic E-state index is 9.79. The zero-order valence-corrected chi connectivity index (χ0v) is 55.6. The molecular weight excluding hydrogens is 1270 g/mol. The third-order valence-electron chi connectivity index (χ3n) is 17.7. The van der Waals surface area contributed by atoms with Crippen molar-refractivity contribution in [2.24, 2.45) is 0 Å². The first-order valence-corrected chi connectivity index (χ1v) is 32.5. The zero-order chi connectivity index (χ0) is 70.6. The lowest BCUT2D eigenvalue weighted by molar-refractivity contribution is 0.440. The topological polar surface area (TPSA) is 253 Å². The third-order valence-corrected chi connectivity index (χ3v) is 17.7. The minimum absolute atomic E-state index is 0. The van der Waals surface area contributed by atoms with Gasteiger partial charge in [-0.1, -0.05) is 43.8 Å². The van der Waals surface area contributed by atoms with E-state index in [0.717, 1.165) is 153 Å². The lowest BCUT2D eigenvalue weighted by Gasteiger charge is -2.10. The molecule has 0 amide bonds. The second-order valence-electron chi connectivity index (χ2n) is 24.6. The summed E-state index contributed by atoms with van der Waals surface area (Å²) in [5.41, 5.74) is 17.1. The van der Waals surface area contributed by atoms with E-state index in [9.17, 15) is 25.1 Å². The summed E-state index contributed by atoms with van der Waals surface area (Å²) >= 11 is 0. The average molecular weight is 1340 g/mol. The number of ether oxygens (including phenoxy) is 5. The van der Waals surface area contributed by atoms with Gasteiger partial charge in [-0.15, -0.1) is 0 Å². The number of fused-ring (bicyclic) bond motifs is 5. The number of hydrogen-bond donors (Lipinski definition) is 5. The fourth-order valence-electron chi connectivity index (χ4n) is 12.3. The summed E-state index contributed by atoms with van der Waals surface area (Å²) in [6, 6.07) is 43.1. The lowest BCUT2D eigenvalue weighted by atomic mass is 9.63. The molecule has 0 bridgehead atoms. The highest BCUT2D eigenvalue weighted by atomic mass is 16.5. The first kappa shape index (κ1) is 72.2. The highest BCUT2D eigenvalue weighted by molar-refractivity contribution is 6.69. The van der Waals surface area contributed by atoms with Crippen LogP contribution in [0.15, 0.2) is 152 Å². The highest BCUT2D eigenvalue weighted by Gasteiger charge is 2.29. The smallest absolute Gasteiger partial charge is 0.324 e. The van der Waals surface area contributed by atoms with E-state index in [0.29, 0.717) is 74.6 Å². The number of aromatic nitrogens is 5. The van der Waals surface area contributed by atoms with Crippen LogP contribution >= 0.6 is 0 Å². The Labute approximate surface area is 589 Å².